The molecule has 6 nitrogen and oxygen atoms in total. The van der Waals surface area contributed by atoms with Crippen LogP contribution in [-0.4, -0.2) is 35.4 Å². The molecule has 1 aromatic carbocycles. The second-order valence-electron chi connectivity index (χ2n) is 4.70. The molecular weight excluding hydrogens is 242 g/mol. The number of nitrogens with two attached hydrogens (primary N) is 1. The molecule has 1 aromatic heterocycles. The zero-order valence-electron chi connectivity index (χ0n) is 10.4. The first-order chi connectivity index (χ1) is 9.24. The molecule has 0 unspecified atom stereocenters. The fraction of sp³-hybridized carbons (Fsp3) is 0.308. The van der Waals surface area contributed by atoms with E-state index in [4.69, 9.17) is 5.73 Å². The van der Waals surface area contributed by atoms with E-state index in [0.717, 1.165) is 29.6 Å². The Morgan fingerprint density at radius 3 is 3.11 bits per heavy atom. The second-order valence-corrected chi connectivity index (χ2v) is 4.70. The average Bonchev–Trinajstić information content (AvgIpc) is 2.85. The van der Waals surface area contributed by atoms with E-state index in [-0.39, 0.29) is 6.04 Å². The Morgan fingerprint density at radius 1 is 1.42 bits per heavy atom. The summed E-state index contributed by atoms with van der Waals surface area (Å²) < 4.78 is 0. The molecule has 2 heterocycles. The van der Waals surface area contributed by atoms with Gasteiger partial charge in [-0.2, -0.15) is 5.10 Å². The van der Waals surface area contributed by atoms with Crippen LogP contribution in [0.15, 0.2) is 30.5 Å². The average molecular weight is 257 g/mol. The van der Waals surface area contributed by atoms with Crippen molar-refractivity contribution in [3.8, 4) is 0 Å². The van der Waals surface area contributed by atoms with Crippen LogP contribution in [0.1, 0.15) is 6.42 Å². The zero-order valence-corrected chi connectivity index (χ0v) is 10.4. The molecule has 0 aliphatic carbocycles. The number of primary amides is 1. The summed E-state index contributed by atoms with van der Waals surface area (Å²) in [5.74, 6) is 0.867. The number of rotatable bonds is 2. The van der Waals surface area contributed by atoms with Gasteiger partial charge in [0, 0.05) is 29.9 Å². The molecule has 0 spiro atoms. The van der Waals surface area contributed by atoms with Gasteiger partial charge in [0.05, 0.1) is 6.20 Å². The van der Waals surface area contributed by atoms with Gasteiger partial charge in [0.2, 0.25) is 0 Å². The Hall–Kier alpha value is -2.37. The Morgan fingerprint density at radius 2 is 2.26 bits per heavy atom. The van der Waals surface area contributed by atoms with Gasteiger partial charge in [-0.1, -0.05) is 24.3 Å². The summed E-state index contributed by atoms with van der Waals surface area (Å²) in [5.41, 5.74) is 5.15. The van der Waals surface area contributed by atoms with Crippen molar-refractivity contribution in [1.29, 1.82) is 0 Å². The van der Waals surface area contributed by atoms with Gasteiger partial charge in [0.15, 0.2) is 5.82 Å². The number of hydrogen-bond donors (Lipinski definition) is 2. The minimum Gasteiger partial charge on any atom is -0.352 e. The molecule has 1 aliphatic heterocycles. The topological polar surface area (TPSA) is 84.1 Å². The van der Waals surface area contributed by atoms with Gasteiger partial charge >= 0.3 is 6.03 Å². The van der Waals surface area contributed by atoms with E-state index >= 15 is 0 Å². The molecule has 0 radical (unpaired) electrons. The lowest BCUT2D eigenvalue weighted by Crippen LogP contribution is -2.40. The molecule has 98 valence electrons. The van der Waals surface area contributed by atoms with E-state index in [2.05, 4.69) is 20.4 Å². The lowest BCUT2D eigenvalue weighted by molar-refractivity contribution is 0.246. The number of urea groups is 1. The standard InChI is InChI=1S/C13H15N5O/c14-13(19)16-10-5-6-18(8-10)12-11-4-2-1-3-9(11)7-15-17-12/h1-4,7,10H,5-6,8H2,(H3,14,16,19)/t10-/m0/s1. The predicted octanol–water partition coefficient (Wildman–Crippen LogP) is 0.877. The maximum Gasteiger partial charge on any atom is 0.312 e. The molecule has 1 atom stereocenters. The third kappa shape index (κ3) is 2.29. The number of anilines is 1. The fourth-order valence-electron chi connectivity index (χ4n) is 2.52. The van der Waals surface area contributed by atoms with Crippen molar-refractivity contribution < 1.29 is 4.79 Å². The van der Waals surface area contributed by atoms with Gasteiger partial charge in [-0.15, -0.1) is 5.10 Å². The van der Waals surface area contributed by atoms with Crippen LogP contribution in [-0.2, 0) is 0 Å². The summed E-state index contributed by atoms with van der Waals surface area (Å²) in [5, 5.41) is 13.2. The van der Waals surface area contributed by atoms with E-state index < -0.39 is 6.03 Å². The molecule has 1 fully saturated rings. The van der Waals surface area contributed by atoms with Gasteiger partial charge in [-0.25, -0.2) is 4.79 Å². The third-order valence-electron chi connectivity index (χ3n) is 3.39. The van der Waals surface area contributed by atoms with Crippen molar-refractivity contribution in [2.75, 3.05) is 18.0 Å². The van der Waals surface area contributed by atoms with Crippen molar-refractivity contribution >= 4 is 22.6 Å². The zero-order chi connectivity index (χ0) is 13.2. The van der Waals surface area contributed by atoms with Crippen LogP contribution in [0, 0.1) is 0 Å². The first-order valence-electron chi connectivity index (χ1n) is 6.25. The molecule has 3 rings (SSSR count). The van der Waals surface area contributed by atoms with E-state index in [1.807, 2.05) is 24.3 Å². The number of carbonyl (C=O) groups excluding carboxylic acids is 1. The highest BCUT2D eigenvalue weighted by molar-refractivity contribution is 5.91. The summed E-state index contributed by atoms with van der Waals surface area (Å²) >= 11 is 0. The number of aromatic nitrogens is 2. The first-order valence-corrected chi connectivity index (χ1v) is 6.25. The van der Waals surface area contributed by atoms with Gasteiger partial charge in [-0.3, -0.25) is 0 Å². The van der Waals surface area contributed by atoms with Crippen molar-refractivity contribution in [1.82, 2.24) is 15.5 Å². The smallest absolute Gasteiger partial charge is 0.312 e. The monoisotopic (exact) mass is 257 g/mol. The molecule has 2 aromatic rings. The number of hydrogen-bond acceptors (Lipinski definition) is 4. The highest BCUT2D eigenvalue weighted by Gasteiger charge is 2.25. The maximum absolute atomic E-state index is 10.9. The molecule has 6 heteroatoms. The second kappa shape index (κ2) is 4.72. The van der Waals surface area contributed by atoms with E-state index in [1.165, 1.54) is 0 Å². The van der Waals surface area contributed by atoms with Gasteiger partial charge < -0.3 is 16.0 Å². The lowest BCUT2D eigenvalue weighted by atomic mass is 10.2. The summed E-state index contributed by atoms with van der Waals surface area (Å²) in [6.07, 6.45) is 2.63. The summed E-state index contributed by atoms with van der Waals surface area (Å²) in [7, 11) is 0. The maximum atomic E-state index is 10.9. The summed E-state index contributed by atoms with van der Waals surface area (Å²) in [4.78, 5) is 13.0. The summed E-state index contributed by atoms with van der Waals surface area (Å²) in [6.45, 7) is 1.55. The quantitative estimate of drug-likeness (QED) is 0.836. The molecule has 1 saturated heterocycles. The third-order valence-corrected chi connectivity index (χ3v) is 3.39. The van der Waals surface area contributed by atoms with Crippen LogP contribution in [0.3, 0.4) is 0 Å². The molecule has 0 saturated carbocycles. The highest BCUT2D eigenvalue weighted by Crippen LogP contribution is 2.25. The number of benzene rings is 1. The minimum absolute atomic E-state index is 0.0817. The largest absolute Gasteiger partial charge is 0.352 e. The first kappa shape index (κ1) is 11.7. The SMILES string of the molecule is NC(=O)N[C@H]1CCN(c2nncc3ccccc23)C1. The van der Waals surface area contributed by atoms with E-state index in [1.54, 1.807) is 6.20 Å². The van der Waals surface area contributed by atoms with Crippen LogP contribution < -0.4 is 16.0 Å². The Labute approximate surface area is 110 Å². The lowest BCUT2D eigenvalue weighted by Gasteiger charge is -2.18. The molecule has 2 amide bonds. The normalized spacial score (nSPS) is 18.7. The Kier molecular flexibility index (Phi) is 2.91. The number of amides is 2. The molecular formula is C13H15N5O. The van der Waals surface area contributed by atoms with Crippen molar-refractivity contribution in [2.24, 2.45) is 5.73 Å². The van der Waals surface area contributed by atoms with Gasteiger partial charge in [0.25, 0.3) is 0 Å². The van der Waals surface area contributed by atoms with E-state index in [0.29, 0.717) is 6.54 Å². The number of fused-ring (bicyclic) bond motifs is 1. The highest BCUT2D eigenvalue weighted by atomic mass is 16.2. The van der Waals surface area contributed by atoms with Gasteiger partial charge in [0.1, 0.15) is 0 Å². The minimum atomic E-state index is -0.476. The van der Waals surface area contributed by atoms with Crippen LogP contribution >= 0.6 is 0 Å². The number of nitrogens with one attached hydrogen (secondary N) is 1. The van der Waals surface area contributed by atoms with Crippen LogP contribution in [0.25, 0.3) is 10.8 Å². The van der Waals surface area contributed by atoms with Crippen LogP contribution in [0.4, 0.5) is 10.6 Å². The molecule has 1 aliphatic rings. The van der Waals surface area contributed by atoms with Crippen LogP contribution in [0.2, 0.25) is 0 Å². The Balaban J connectivity index is 1.87. The van der Waals surface area contributed by atoms with Crippen LogP contribution in [0.5, 0.6) is 0 Å². The van der Waals surface area contributed by atoms with Crippen molar-refractivity contribution in [3.05, 3.63) is 30.5 Å². The van der Waals surface area contributed by atoms with Crippen molar-refractivity contribution in [3.63, 3.8) is 0 Å². The fourth-order valence-corrected chi connectivity index (χ4v) is 2.52. The Bertz CT molecular complexity index is 610. The summed E-state index contributed by atoms with van der Waals surface area (Å²) in [6, 6.07) is 7.63. The number of carbonyl (C=O) groups is 1. The molecule has 3 N–H and O–H groups in total. The van der Waals surface area contributed by atoms with E-state index in [9.17, 15) is 4.79 Å². The molecule has 0 bridgehead atoms. The molecule has 19 heavy (non-hydrogen) atoms. The van der Waals surface area contributed by atoms with Gasteiger partial charge in [-0.05, 0) is 6.42 Å². The van der Waals surface area contributed by atoms with Crippen molar-refractivity contribution in [2.45, 2.75) is 12.5 Å². The number of nitrogens with zero attached hydrogens (tertiary/aromatic N) is 3. The predicted molar refractivity (Wildman–Crippen MR) is 72.9 cm³/mol.